The number of rotatable bonds is 6. The number of nitrogens with zero attached hydrogens (tertiary/aromatic N) is 3. The number of ether oxygens (including phenoxy) is 1. The van der Waals surface area contributed by atoms with Crippen molar-refractivity contribution in [2.75, 3.05) is 31.6 Å². The molecule has 1 saturated heterocycles. The van der Waals surface area contributed by atoms with Gasteiger partial charge in [0.15, 0.2) is 5.82 Å². The number of carbonyl (C=O) groups is 1. The number of carbonyl (C=O) groups excluding carboxylic acids is 1. The van der Waals surface area contributed by atoms with Gasteiger partial charge in [0, 0.05) is 30.9 Å². The minimum absolute atomic E-state index is 0.146. The van der Waals surface area contributed by atoms with Crippen LogP contribution in [0.25, 0.3) is 0 Å². The second kappa shape index (κ2) is 8.51. The number of hydrogen-bond acceptors (Lipinski definition) is 5. The smallest absolute Gasteiger partial charge is 0.239 e. The zero-order chi connectivity index (χ0) is 20.3. The molecule has 2 heterocycles. The van der Waals surface area contributed by atoms with Gasteiger partial charge in [0.05, 0.1) is 6.54 Å². The van der Waals surface area contributed by atoms with E-state index in [1.54, 1.807) is 24.0 Å². The molecule has 8 heteroatoms. The minimum Gasteiger partial charge on any atom is -0.491 e. The Balaban J connectivity index is 1.54. The van der Waals surface area contributed by atoms with Gasteiger partial charge in [0.25, 0.3) is 0 Å². The highest BCUT2D eigenvalue weighted by Crippen LogP contribution is 2.28. The average molecular weight is 407 g/mol. The molecule has 0 saturated carbocycles. The van der Waals surface area contributed by atoms with Crippen molar-refractivity contribution < 1.29 is 14.6 Å². The molecule has 1 amide bonds. The van der Waals surface area contributed by atoms with Crippen molar-refractivity contribution in [3.05, 3.63) is 40.5 Å². The number of aliphatic hydroxyl groups is 1. The number of benzene rings is 1. The summed E-state index contributed by atoms with van der Waals surface area (Å²) in [7, 11) is 1.80. The molecule has 2 aromatic rings. The monoisotopic (exact) mass is 406 g/mol. The number of hydrogen-bond donors (Lipinski definition) is 2. The van der Waals surface area contributed by atoms with Gasteiger partial charge in [0.1, 0.15) is 18.0 Å². The number of likely N-dealkylation sites (tertiary alicyclic amines) is 1. The molecule has 2 N–H and O–H groups in total. The third-order valence-electron chi connectivity index (χ3n) is 4.90. The van der Waals surface area contributed by atoms with Crippen molar-refractivity contribution in [3.8, 4) is 5.75 Å². The first-order valence-corrected chi connectivity index (χ1v) is 9.76. The van der Waals surface area contributed by atoms with Gasteiger partial charge in [-0.1, -0.05) is 11.6 Å². The maximum Gasteiger partial charge on any atom is 0.239 e. The molecule has 1 unspecified atom stereocenters. The summed E-state index contributed by atoms with van der Waals surface area (Å²) in [4.78, 5) is 14.2. The van der Waals surface area contributed by atoms with Crippen LogP contribution in [0.2, 0.25) is 5.02 Å². The molecule has 1 aliphatic rings. The predicted octanol–water partition coefficient (Wildman–Crippen LogP) is 2.53. The van der Waals surface area contributed by atoms with E-state index in [0.29, 0.717) is 24.5 Å². The van der Waals surface area contributed by atoms with Crippen molar-refractivity contribution in [3.63, 3.8) is 0 Å². The largest absolute Gasteiger partial charge is 0.491 e. The lowest BCUT2D eigenvalue weighted by molar-refractivity contribution is -0.119. The molecule has 0 aliphatic carbocycles. The molecule has 1 fully saturated rings. The zero-order valence-corrected chi connectivity index (χ0v) is 17.3. The molecule has 1 aromatic carbocycles. The number of aromatic nitrogens is 2. The van der Waals surface area contributed by atoms with E-state index in [1.165, 1.54) is 0 Å². The quantitative estimate of drug-likeness (QED) is 0.770. The van der Waals surface area contributed by atoms with Gasteiger partial charge in [-0.05, 0) is 56.5 Å². The number of halogens is 1. The summed E-state index contributed by atoms with van der Waals surface area (Å²) in [5, 5.41) is 18.6. The van der Waals surface area contributed by atoms with Crippen LogP contribution < -0.4 is 10.1 Å². The number of nitrogens with one attached hydrogen (secondary N) is 1. The van der Waals surface area contributed by atoms with Gasteiger partial charge in [0.2, 0.25) is 5.91 Å². The van der Waals surface area contributed by atoms with Crippen LogP contribution in [0.3, 0.4) is 0 Å². The lowest BCUT2D eigenvalue weighted by Crippen LogP contribution is -2.53. The second-order valence-corrected chi connectivity index (χ2v) is 8.00. The van der Waals surface area contributed by atoms with Crippen LogP contribution in [0.1, 0.15) is 24.0 Å². The summed E-state index contributed by atoms with van der Waals surface area (Å²) in [5.74, 6) is 1.07. The third-order valence-corrected chi connectivity index (χ3v) is 5.50. The number of amides is 1. The summed E-state index contributed by atoms with van der Waals surface area (Å²) in [6.07, 6.45) is 3.21. The molecule has 152 valence electrons. The Morgan fingerprint density at radius 1 is 1.39 bits per heavy atom. The van der Waals surface area contributed by atoms with Crippen LogP contribution in [0.15, 0.2) is 24.4 Å². The van der Waals surface area contributed by atoms with Crippen molar-refractivity contribution in [2.24, 2.45) is 7.05 Å². The van der Waals surface area contributed by atoms with Crippen LogP contribution in [0, 0.1) is 13.8 Å². The normalized spacial score (nSPS) is 20.2. The first kappa shape index (κ1) is 20.6. The molecule has 0 radical (unpaired) electrons. The zero-order valence-electron chi connectivity index (χ0n) is 16.5. The molecule has 1 aromatic heterocycles. The number of piperidine rings is 1. The first-order valence-electron chi connectivity index (χ1n) is 9.38. The maximum absolute atomic E-state index is 12.3. The van der Waals surface area contributed by atoms with Crippen LogP contribution in [0.5, 0.6) is 5.75 Å². The van der Waals surface area contributed by atoms with Crippen molar-refractivity contribution in [1.29, 1.82) is 0 Å². The topological polar surface area (TPSA) is 79.6 Å². The summed E-state index contributed by atoms with van der Waals surface area (Å²) < 4.78 is 7.50. The number of aryl methyl sites for hydroxylation is 3. The van der Waals surface area contributed by atoms with Crippen LogP contribution in [-0.2, 0) is 11.8 Å². The van der Waals surface area contributed by atoms with Crippen LogP contribution >= 0.6 is 11.6 Å². The summed E-state index contributed by atoms with van der Waals surface area (Å²) in [6.45, 7) is 5.38. The highest BCUT2D eigenvalue weighted by Gasteiger charge is 2.35. The van der Waals surface area contributed by atoms with Gasteiger partial charge in [-0.25, -0.2) is 0 Å². The molecule has 28 heavy (non-hydrogen) atoms. The van der Waals surface area contributed by atoms with Crippen molar-refractivity contribution in [1.82, 2.24) is 14.7 Å². The Morgan fingerprint density at radius 3 is 2.75 bits per heavy atom. The van der Waals surface area contributed by atoms with Crippen molar-refractivity contribution in [2.45, 2.75) is 32.3 Å². The van der Waals surface area contributed by atoms with Gasteiger partial charge >= 0.3 is 0 Å². The van der Waals surface area contributed by atoms with Crippen LogP contribution in [-0.4, -0.2) is 57.5 Å². The Bertz CT molecular complexity index is 831. The molecule has 0 spiro atoms. The van der Waals surface area contributed by atoms with E-state index in [9.17, 15) is 9.90 Å². The standard InChI is InChI=1S/C20H27ClN4O3/c1-14-9-16(10-15(2)19(14)21)28-13-20(27)6-4-7-25(12-20)11-18(26)22-17-5-8-24(3)23-17/h5,8-10,27H,4,6-7,11-13H2,1-3H3,(H,22,23,26). The van der Waals surface area contributed by atoms with Gasteiger partial charge in [-0.2, -0.15) is 5.10 Å². The Kier molecular flexibility index (Phi) is 6.27. The lowest BCUT2D eigenvalue weighted by atomic mass is 9.93. The predicted molar refractivity (Wildman–Crippen MR) is 109 cm³/mol. The second-order valence-electron chi connectivity index (χ2n) is 7.62. The maximum atomic E-state index is 12.3. The molecular formula is C20H27ClN4O3. The summed E-state index contributed by atoms with van der Waals surface area (Å²) >= 11 is 6.20. The Hall–Kier alpha value is -2.09. The molecule has 1 aliphatic heterocycles. The Morgan fingerprint density at radius 2 is 2.11 bits per heavy atom. The first-order chi connectivity index (χ1) is 13.2. The number of β-amino-alcohol motifs (C(OH)–C–C–N with tert-alkyl or cyclic N) is 1. The van der Waals surface area contributed by atoms with Crippen LogP contribution in [0.4, 0.5) is 5.82 Å². The van der Waals surface area contributed by atoms with E-state index >= 15 is 0 Å². The lowest BCUT2D eigenvalue weighted by Gasteiger charge is -2.38. The van der Waals surface area contributed by atoms with E-state index in [4.69, 9.17) is 16.3 Å². The van der Waals surface area contributed by atoms with Crippen molar-refractivity contribution >= 4 is 23.3 Å². The van der Waals surface area contributed by atoms with Gasteiger partial charge < -0.3 is 15.2 Å². The minimum atomic E-state index is -0.995. The summed E-state index contributed by atoms with van der Waals surface area (Å²) in [5.41, 5.74) is 0.894. The van der Waals surface area contributed by atoms with E-state index < -0.39 is 5.60 Å². The van der Waals surface area contributed by atoms with Gasteiger partial charge in [-0.3, -0.25) is 14.4 Å². The molecular weight excluding hydrogens is 380 g/mol. The summed E-state index contributed by atoms with van der Waals surface area (Å²) in [6, 6.07) is 5.49. The van der Waals surface area contributed by atoms with Gasteiger partial charge in [-0.15, -0.1) is 0 Å². The highest BCUT2D eigenvalue weighted by molar-refractivity contribution is 6.32. The molecule has 7 nitrogen and oxygen atoms in total. The molecule has 1 atom stereocenters. The molecule has 3 rings (SSSR count). The fourth-order valence-corrected chi connectivity index (χ4v) is 3.64. The molecule has 0 bridgehead atoms. The fourth-order valence-electron chi connectivity index (χ4n) is 3.53. The fraction of sp³-hybridized carbons (Fsp3) is 0.500. The van der Waals surface area contributed by atoms with E-state index in [0.717, 1.165) is 29.1 Å². The average Bonchev–Trinajstić information content (AvgIpc) is 3.02. The van der Waals surface area contributed by atoms with E-state index in [1.807, 2.05) is 30.9 Å². The SMILES string of the molecule is Cc1cc(OCC2(O)CCCN(CC(=O)Nc3ccn(C)n3)C2)cc(C)c1Cl. The number of anilines is 1. The highest BCUT2D eigenvalue weighted by atomic mass is 35.5. The Labute approximate surface area is 170 Å². The van der Waals surface area contributed by atoms with E-state index in [2.05, 4.69) is 10.4 Å². The van der Waals surface area contributed by atoms with E-state index in [-0.39, 0.29) is 19.1 Å². The third kappa shape index (κ3) is 5.25.